The van der Waals surface area contributed by atoms with Gasteiger partial charge in [0.1, 0.15) is 0 Å². The minimum absolute atomic E-state index is 0.268. The number of rotatable bonds is 2. The van der Waals surface area contributed by atoms with Crippen LogP contribution in [0, 0.1) is 5.92 Å². The molecule has 3 nitrogen and oxygen atoms in total. The molecule has 1 unspecified atom stereocenters. The molecule has 1 N–H and O–H groups in total. The molecule has 114 valence electrons. The molecule has 2 aliphatic rings. The topological polar surface area (TPSA) is 36.1 Å². The fourth-order valence-electron chi connectivity index (χ4n) is 3.84. The second kappa shape index (κ2) is 5.64. The second-order valence-electron chi connectivity index (χ2n) is 6.51. The molecule has 3 heteroatoms. The van der Waals surface area contributed by atoms with E-state index in [1.165, 1.54) is 30.2 Å². The standard InChI is InChI=1S/C19H22N2O/c22-19-12-18-16(15-8-4-5-9-17(15)20-18)10-11-21(19)13-14-6-2-1-3-7-14/h2,4-6,8-9,14,20H,1,3,7,10-13H2. The van der Waals surface area contributed by atoms with Crippen molar-refractivity contribution in [3.8, 4) is 0 Å². The molecule has 1 aliphatic heterocycles. The maximum absolute atomic E-state index is 12.6. The van der Waals surface area contributed by atoms with Crippen molar-refractivity contribution in [2.45, 2.75) is 32.1 Å². The lowest BCUT2D eigenvalue weighted by atomic mass is 9.95. The Bertz CT molecular complexity index is 728. The first kappa shape index (κ1) is 13.6. The molecule has 1 aromatic heterocycles. The van der Waals surface area contributed by atoms with Gasteiger partial charge in [-0.05, 0) is 43.2 Å². The van der Waals surface area contributed by atoms with Gasteiger partial charge in [-0.15, -0.1) is 0 Å². The molecule has 22 heavy (non-hydrogen) atoms. The Balaban J connectivity index is 1.56. The number of nitrogens with one attached hydrogen (secondary N) is 1. The van der Waals surface area contributed by atoms with Crippen molar-refractivity contribution in [2.75, 3.05) is 13.1 Å². The van der Waals surface area contributed by atoms with Crippen LogP contribution >= 0.6 is 0 Å². The number of carbonyl (C=O) groups excluding carboxylic acids is 1. The van der Waals surface area contributed by atoms with Crippen LogP contribution in [0.1, 0.15) is 30.5 Å². The number of nitrogens with zero attached hydrogens (tertiary/aromatic N) is 1. The third-order valence-electron chi connectivity index (χ3n) is 5.02. The zero-order chi connectivity index (χ0) is 14.9. The van der Waals surface area contributed by atoms with Crippen LogP contribution < -0.4 is 0 Å². The van der Waals surface area contributed by atoms with Crippen molar-refractivity contribution in [1.29, 1.82) is 0 Å². The van der Waals surface area contributed by atoms with Gasteiger partial charge in [0.25, 0.3) is 0 Å². The fourth-order valence-corrected chi connectivity index (χ4v) is 3.84. The summed E-state index contributed by atoms with van der Waals surface area (Å²) >= 11 is 0. The molecule has 2 heterocycles. The van der Waals surface area contributed by atoms with Gasteiger partial charge in [-0.1, -0.05) is 30.4 Å². The summed E-state index contributed by atoms with van der Waals surface area (Å²) in [5, 5.41) is 1.28. The zero-order valence-corrected chi connectivity index (χ0v) is 12.8. The molecule has 1 atom stereocenters. The highest BCUT2D eigenvalue weighted by atomic mass is 16.2. The Morgan fingerprint density at radius 3 is 3.05 bits per heavy atom. The van der Waals surface area contributed by atoms with E-state index in [2.05, 4.69) is 40.2 Å². The van der Waals surface area contributed by atoms with Crippen molar-refractivity contribution in [1.82, 2.24) is 9.88 Å². The van der Waals surface area contributed by atoms with E-state index < -0.39 is 0 Å². The normalized spacial score (nSPS) is 21.9. The quantitative estimate of drug-likeness (QED) is 0.846. The van der Waals surface area contributed by atoms with E-state index in [4.69, 9.17) is 0 Å². The Kier molecular flexibility index (Phi) is 3.49. The van der Waals surface area contributed by atoms with Gasteiger partial charge >= 0.3 is 0 Å². The Labute approximate surface area is 131 Å². The lowest BCUT2D eigenvalue weighted by Crippen LogP contribution is -2.36. The molecule has 2 aromatic rings. The Morgan fingerprint density at radius 1 is 1.27 bits per heavy atom. The summed E-state index contributed by atoms with van der Waals surface area (Å²) < 4.78 is 0. The van der Waals surface area contributed by atoms with E-state index in [-0.39, 0.29) is 5.91 Å². The molecule has 0 bridgehead atoms. The van der Waals surface area contributed by atoms with Crippen molar-refractivity contribution < 1.29 is 4.79 Å². The van der Waals surface area contributed by atoms with Crippen LogP contribution in [0.15, 0.2) is 36.4 Å². The largest absolute Gasteiger partial charge is 0.358 e. The maximum Gasteiger partial charge on any atom is 0.228 e. The van der Waals surface area contributed by atoms with Crippen LogP contribution in [0.3, 0.4) is 0 Å². The van der Waals surface area contributed by atoms with Crippen LogP contribution in [0.5, 0.6) is 0 Å². The van der Waals surface area contributed by atoms with E-state index in [1.807, 2.05) is 6.07 Å². The predicted molar refractivity (Wildman–Crippen MR) is 88.8 cm³/mol. The lowest BCUT2D eigenvalue weighted by molar-refractivity contribution is -0.130. The summed E-state index contributed by atoms with van der Waals surface area (Å²) in [6, 6.07) is 8.38. The third-order valence-corrected chi connectivity index (χ3v) is 5.02. The minimum Gasteiger partial charge on any atom is -0.358 e. The average molecular weight is 294 g/mol. The summed E-state index contributed by atoms with van der Waals surface area (Å²) in [5.41, 5.74) is 3.61. The maximum atomic E-state index is 12.6. The molecule has 0 saturated heterocycles. The van der Waals surface area contributed by atoms with Crippen molar-refractivity contribution in [3.63, 3.8) is 0 Å². The van der Waals surface area contributed by atoms with Gasteiger partial charge in [0, 0.05) is 29.7 Å². The van der Waals surface area contributed by atoms with E-state index in [9.17, 15) is 4.79 Å². The third kappa shape index (κ3) is 2.45. The van der Waals surface area contributed by atoms with E-state index in [1.54, 1.807) is 0 Å². The minimum atomic E-state index is 0.268. The van der Waals surface area contributed by atoms with Crippen molar-refractivity contribution in [3.05, 3.63) is 47.7 Å². The average Bonchev–Trinajstić information content (AvgIpc) is 2.82. The van der Waals surface area contributed by atoms with Gasteiger partial charge in [-0.2, -0.15) is 0 Å². The SMILES string of the molecule is O=C1Cc2[nH]c3ccccc3c2CCN1CC1C=CCCC1. The Hall–Kier alpha value is -2.03. The van der Waals surface area contributed by atoms with Gasteiger partial charge in [-0.3, -0.25) is 4.79 Å². The highest BCUT2D eigenvalue weighted by Crippen LogP contribution is 2.27. The number of aromatic amines is 1. The molecule has 0 spiro atoms. The number of allylic oxidation sites excluding steroid dienone is 1. The molecule has 1 aliphatic carbocycles. The van der Waals surface area contributed by atoms with Gasteiger partial charge in [0.2, 0.25) is 5.91 Å². The molecular weight excluding hydrogens is 272 g/mol. The molecule has 1 amide bonds. The smallest absolute Gasteiger partial charge is 0.228 e. The summed E-state index contributed by atoms with van der Waals surface area (Å²) in [4.78, 5) is 18.1. The van der Waals surface area contributed by atoms with Crippen LogP contribution in [-0.4, -0.2) is 28.9 Å². The van der Waals surface area contributed by atoms with E-state index in [0.717, 1.165) is 30.7 Å². The number of carbonyl (C=O) groups is 1. The lowest BCUT2D eigenvalue weighted by Gasteiger charge is -2.26. The van der Waals surface area contributed by atoms with Crippen LogP contribution in [0.25, 0.3) is 10.9 Å². The molecule has 0 saturated carbocycles. The molecular formula is C19H22N2O. The first-order valence-electron chi connectivity index (χ1n) is 8.34. The van der Waals surface area contributed by atoms with Crippen LogP contribution in [0.2, 0.25) is 0 Å². The number of amides is 1. The van der Waals surface area contributed by atoms with Gasteiger partial charge in [0.15, 0.2) is 0 Å². The number of para-hydroxylation sites is 1. The second-order valence-corrected chi connectivity index (χ2v) is 6.51. The highest BCUT2D eigenvalue weighted by Gasteiger charge is 2.25. The summed E-state index contributed by atoms with van der Waals surface area (Å²) in [6.45, 7) is 1.73. The number of H-pyrrole nitrogens is 1. The summed E-state index contributed by atoms with van der Waals surface area (Å²) in [5.74, 6) is 0.815. The number of hydrogen-bond acceptors (Lipinski definition) is 1. The van der Waals surface area contributed by atoms with Crippen molar-refractivity contribution in [2.24, 2.45) is 5.92 Å². The molecule has 0 fully saturated rings. The zero-order valence-electron chi connectivity index (χ0n) is 12.8. The summed E-state index contributed by atoms with van der Waals surface area (Å²) in [6.07, 6.45) is 9.72. The predicted octanol–water partition coefficient (Wildman–Crippen LogP) is 3.45. The number of benzene rings is 1. The van der Waals surface area contributed by atoms with E-state index in [0.29, 0.717) is 12.3 Å². The number of aromatic nitrogens is 1. The number of hydrogen-bond donors (Lipinski definition) is 1. The first-order valence-corrected chi connectivity index (χ1v) is 8.34. The van der Waals surface area contributed by atoms with Crippen molar-refractivity contribution >= 4 is 16.8 Å². The van der Waals surface area contributed by atoms with Gasteiger partial charge < -0.3 is 9.88 Å². The van der Waals surface area contributed by atoms with Gasteiger partial charge in [0.05, 0.1) is 6.42 Å². The summed E-state index contributed by atoms with van der Waals surface area (Å²) in [7, 11) is 0. The fraction of sp³-hybridized carbons (Fsp3) is 0.421. The molecule has 1 aromatic carbocycles. The van der Waals surface area contributed by atoms with Crippen LogP contribution in [-0.2, 0) is 17.6 Å². The monoisotopic (exact) mass is 294 g/mol. The molecule has 4 rings (SSSR count). The highest BCUT2D eigenvalue weighted by molar-refractivity contribution is 5.88. The van der Waals surface area contributed by atoms with E-state index >= 15 is 0 Å². The van der Waals surface area contributed by atoms with Crippen LogP contribution in [0.4, 0.5) is 0 Å². The number of fused-ring (bicyclic) bond motifs is 3. The molecule has 0 radical (unpaired) electrons. The Morgan fingerprint density at radius 2 is 2.18 bits per heavy atom. The van der Waals surface area contributed by atoms with Gasteiger partial charge in [-0.25, -0.2) is 0 Å². The first-order chi connectivity index (χ1) is 10.8.